The van der Waals surface area contributed by atoms with Crippen molar-refractivity contribution in [2.75, 3.05) is 38.2 Å². The Bertz CT molecular complexity index is 953. The molecule has 0 aliphatic carbocycles. The molecule has 0 saturated carbocycles. The summed E-state index contributed by atoms with van der Waals surface area (Å²) in [5, 5.41) is 11.0. The van der Waals surface area contributed by atoms with Gasteiger partial charge in [0.25, 0.3) is 0 Å². The van der Waals surface area contributed by atoms with Crippen LogP contribution in [0.5, 0.6) is 0 Å². The van der Waals surface area contributed by atoms with E-state index in [1.165, 1.54) is 0 Å². The molecule has 4 N–H and O–H groups in total. The number of urea groups is 1. The summed E-state index contributed by atoms with van der Waals surface area (Å²) >= 11 is 5.99. The Balaban J connectivity index is 1.88. The highest BCUT2D eigenvalue weighted by Crippen LogP contribution is 2.34. The summed E-state index contributed by atoms with van der Waals surface area (Å²) in [4.78, 5) is 14.5. The molecule has 8 heteroatoms. The Kier molecular flexibility index (Phi) is 6.74. The van der Waals surface area contributed by atoms with Crippen molar-refractivity contribution in [1.29, 1.82) is 0 Å². The molecule has 3 rings (SSSR count). The first kappa shape index (κ1) is 20.7. The number of hydrogen-bond acceptors (Lipinski definition) is 4. The maximum absolute atomic E-state index is 12.4. The predicted octanol–water partition coefficient (Wildman–Crippen LogP) is 3.85. The second-order valence-electron chi connectivity index (χ2n) is 6.90. The van der Waals surface area contributed by atoms with Crippen molar-refractivity contribution < 1.29 is 4.79 Å². The zero-order chi connectivity index (χ0) is 20.8. The van der Waals surface area contributed by atoms with Gasteiger partial charge < -0.3 is 21.3 Å². The fourth-order valence-electron chi connectivity index (χ4n) is 2.89. The summed E-state index contributed by atoms with van der Waals surface area (Å²) in [5.74, 6) is 0.342. The largest absolute Gasteiger partial charge is 0.382 e. The number of nitrogens with two attached hydrogens (primary N) is 1. The van der Waals surface area contributed by atoms with E-state index in [0.717, 1.165) is 24.2 Å². The first-order valence-corrected chi connectivity index (χ1v) is 9.73. The van der Waals surface area contributed by atoms with E-state index in [0.29, 0.717) is 28.8 Å². The van der Waals surface area contributed by atoms with Crippen molar-refractivity contribution in [3.8, 4) is 16.9 Å². The van der Waals surface area contributed by atoms with E-state index in [-0.39, 0.29) is 6.03 Å². The standard InChI is InChI=1S/C21H25ClN6O/c1-27(2)14-6-13-24-21(29)25-19-18(15-7-4-3-5-8-15)26-28(20(19)23)17-11-9-16(22)10-12-17/h3-5,7-12H,6,13-14,23H2,1-2H3,(H2,24,25,29). The topological polar surface area (TPSA) is 88.2 Å². The fourth-order valence-corrected chi connectivity index (χ4v) is 3.01. The van der Waals surface area contributed by atoms with Crippen molar-refractivity contribution >= 4 is 29.1 Å². The number of nitrogens with zero attached hydrogens (tertiary/aromatic N) is 3. The van der Waals surface area contributed by atoms with Gasteiger partial charge >= 0.3 is 6.03 Å². The van der Waals surface area contributed by atoms with Crippen LogP contribution in [-0.2, 0) is 0 Å². The van der Waals surface area contributed by atoms with Crippen molar-refractivity contribution in [2.24, 2.45) is 0 Å². The van der Waals surface area contributed by atoms with Gasteiger partial charge in [0.2, 0.25) is 0 Å². The smallest absolute Gasteiger partial charge is 0.319 e. The van der Waals surface area contributed by atoms with Gasteiger partial charge in [-0.2, -0.15) is 5.10 Å². The molecule has 0 atom stereocenters. The maximum Gasteiger partial charge on any atom is 0.319 e. The van der Waals surface area contributed by atoms with Gasteiger partial charge in [0, 0.05) is 17.1 Å². The molecule has 0 unspecified atom stereocenters. The molecule has 1 heterocycles. The van der Waals surface area contributed by atoms with Gasteiger partial charge in [-0.15, -0.1) is 0 Å². The van der Waals surface area contributed by atoms with Crippen LogP contribution in [0.2, 0.25) is 5.02 Å². The quantitative estimate of drug-likeness (QED) is 0.514. The van der Waals surface area contributed by atoms with Gasteiger partial charge in [-0.25, -0.2) is 9.48 Å². The van der Waals surface area contributed by atoms with Gasteiger partial charge in [-0.3, -0.25) is 0 Å². The normalized spacial score (nSPS) is 10.9. The van der Waals surface area contributed by atoms with E-state index >= 15 is 0 Å². The molecule has 0 spiro atoms. The van der Waals surface area contributed by atoms with Crippen molar-refractivity contribution in [3.63, 3.8) is 0 Å². The molecule has 2 aromatic carbocycles. The molecule has 2 amide bonds. The van der Waals surface area contributed by atoms with Crippen LogP contribution in [-0.4, -0.2) is 47.9 Å². The second kappa shape index (κ2) is 9.45. The molecule has 3 aromatic rings. The molecule has 0 aliphatic rings. The molecule has 0 saturated heterocycles. The number of anilines is 2. The van der Waals surface area contributed by atoms with E-state index < -0.39 is 0 Å². The van der Waals surface area contributed by atoms with E-state index in [1.54, 1.807) is 16.8 Å². The van der Waals surface area contributed by atoms with E-state index in [9.17, 15) is 4.79 Å². The number of nitrogens with one attached hydrogen (secondary N) is 2. The third-order valence-electron chi connectivity index (χ3n) is 4.35. The number of carbonyl (C=O) groups excluding carboxylic acids is 1. The Morgan fingerprint density at radius 2 is 1.83 bits per heavy atom. The Hall–Kier alpha value is -3.03. The predicted molar refractivity (Wildman–Crippen MR) is 119 cm³/mol. The molecule has 0 radical (unpaired) electrons. The average Bonchev–Trinajstić information content (AvgIpc) is 3.03. The lowest BCUT2D eigenvalue weighted by atomic mass is 10.1. The van der Waals surface area contributed by atoms with Gasteiger partial charge in [-0.1, -0.05) is 41.9 Å². The minimum atomic E-state index is -0.316. The lowest BCUT2D eigenvalue weighted by Gasteiger charge is -2.11. The summed E-state index contributed by atoms with van der Waals surface area (Å²) in [6.07, 6.45) is 0.853. The zero-order valence-electron chi connectivity index (χ0n) is 16.5. The highest BCUT2D eigenvalue weighted by molar-refractivity contribution is 6.30. The van der Waals surface area contributed by atoms with Crippen LogP contribution in [0.4, 0.5) is 16.3 Å². The summed E-state index contributed by atoms with van der Waals surface area (Å²) in [6.45, 7) is 1.46. The molecule has 0 aliphatic heterocycles. The summed E-state index contributed by atoms with van der Waals surface area (Å²) in [6, 6.07) is 16.5. The SMILES string of the molecule is CN(C)CCCNC(=O)Nc1c(-c2ccccc2)nn(-c2ccc(Cl)cc2)c1N. The first-order valence-electron chi connectivity index (χ1n) is 9.35. The van der Waals surface area contributed by atoms with E-state index in [2.05, 4.69) is 20.6 Å². The average molecular weight is 413 g/mol. The monoisotopic (exact) mass is 412 g/mol. The van der Waals surface area contributed by atoms with Crippen LogP contribution in [0.3, 0.4) is 0 Å². The summed E-state index contributed by atoms with van der Waals surface area (Å²) in [5.41, 5.74) is 9.05. The molecule has 152 valence electrons. The Morgan fingerprint density at radius 1 is 1.14 bits per heavy atom. The molecule has 0 fully saturated rings. The molecule has 29 heavy (non-hydrogen) atoms. The summed E-state index contributed by atoms with van der Waals surface area (Å²) in [7, 11) is 4.00. The van der Waals surface area contributed by atoms with Crippen LogP contribution in [0, 0.1) is 0 Å². The van der Waals surface area contributed by atoms with Crippen LogP contribution in [0.15, 0.2) is 54.6 Å². The van der Waals surface area contributed by atoms with Gasteiger partial charge in [0.05, 0.1) is 5.69 Å². The number of hydrogen-bond donors (Lipinski definition) is 3. The lowest BCUT2D eigenvalue weighted by Crippen LogP contribution is -2.31. The highest BCUT2D eigenvalue weighted by Gasteiger charge is 2.20. The lowest BCUT2D eigenvalue weighted by molar-refractivity contribution is 0.251. The number of carbonyl (C=O) groups is 1. The number of nitrogen functional groups attached to an aromatic ring is 1. The minimum Gasteiger partial charge on any atom is -0.382 e. The van der Waals surface area contributed by atoms with Crippen LogP contribution in [0.1, 0.15) is 6.42 Å². The van der Waals surface area contributed by atoms with Crippen molar-refractivity contribution in [2.45, 2.75) is 6.42 Å². The van der Waals surface area contributed by atoms with Gasteiger partial charge in [0.1, 0.15) is 11.4 Å². The van der Waals surface area contributed by atoms with Crippen LogP contribution < -0.4 is 16.4 Å². The van der Waals surface area contributed by atoms with Crippen LogP contribution in [0.25, 0.3) is 16.9 Å². The molecule has 7 nitrogen and oxygen atoms in total. The third kappa shape index (κ3) is 5.28. The Morgan fingerprint density at radius 3 is 2.48 bits per heavy atom. The first-order chi connectivity index (χ1) is 14.0. The van der Waals surface area contributed by atoms with Crippen molar-refractivity contribution in [3.05, 3.63) is 59.6 Å². The zero-order valence-corrected chi connectivity index (χ0v) is 17.3. The van der Waals surface area contributed by atoms with Gasteiger partial charge in [-0.05, 0) is 51.3 Å². The number of aromatic nitrogens is 2. The van der Waals surface area contributed by atoms with Crippen molar-refractivity contribution in [1.82, 2.24) is 20.0 Å². The van der Waals surface area contributed by atoms with Crippen LogP contribution >= 0.6 is 11.6 Å². The summed E-state index contributed by atoms with van der Waals surface area (Å²) < 4.78 is 1.60. The minimum absolute atomic E-state index is 0.316. The van der Waals surface area contributed by atoms with E-state index in [4.69, 9.17) is 17.3 Å². The third-order valence-corrected chi connectivity index (χ3v) is 4.60. The molecular formula is C21H25ClN6O. The highest BCUT2D eigenvalue weighted by atomic mass is 35.5. The number of amides is 2. The molecule has 0 bridgehead atoms. The molecule has 1 aromatic heterocycles. The van der Waals surface area contributed by atoms with Gasteiger partial charge in [0.15, 0.2) is 5.82 Å². The Labute approximate surface area is 175 Å². The fraction of sp³-hybridized carbons (Fsp3) is 0.238. The molecular weight excluding hydrogens is 388 g/mol. The number of rotatable bonds is 7. The number of benzene rings is 2. The van der Waals surface area contributed by atoms with E-state index in [1.807, 2.05) is 56.6 Å². The maximum atomic E-state index is 12.4. The second-order valence-corrected chi connectivity index (χ2v) is 7.34. The number of halogens is 1.